The molecule has 3 heterocycles. The number of piperidine rings is 1. The van der Waals surface area contributed by atoms with Crippen molar-refractivity contribution in [2.75, 3.05) is 26.3 Å². The van der Waals surface area contributed by atoms with Gasteiger partial charge in [0, 0.05) is 25.1 Å². The predicted molar refractivity (Wildman–Crippen MR) is 115 cm³/mol. The number of rotatable bonds is 3. The average Bonchev–Trinajstić information content (AvgIpc) is 3.22. The molecule has 1 fully saturated rings. The molecule has 0 N–H and O–H groups in total. The highest BCUT2D eigenvalue weighted by molar-refractivity contribution is 7.18. The van der Waals surface area contributed by atoms with Crippen molar-refractivity contribution in [1.29, 1.82) is 0 Å². The third kappa shape index (κ3) is 3.85. The van der Waals surface area contributed by atoms with Crippen LogP contribution in [0.25, 0.3) is 16.3 Å². The highest BCUT2D eigenvalue weighted by atomic mass is 32.1. The summed E-state index contributed by atoms with van der Waals surface area (Å²) < 4.78 is 12.4. The number of fused-ring (bicyclic) bond motifs is 2. The second-order valence-corrected chi connectivity index (χ2v) is 8.42. The van der Waals surface area contributed by atoms with E-state index >= 15 is 0 Å². The van der Waals surface area contributed by atoms with Gasteiger partial charge in [-0.15, -0.1) is 11.3 Å². The van der Waals surface area contributed by atoms with Crippen LogP contribution in [-0.4, -0.2) is 42.1 Å². The van der Waals surface area contributed by atoms with Gasteiger partial charge in [0.1, 0.15) is 13.2 Å². The molecule has 0 atom stereocenters. The fourth-order valence-corrected chi connectivity index (χ4v) is 4.98. The van der Waals surface area contributed by atoms with Gasteiger partial charge in [0.2, 0.25) is 5.91 Å². The molecule has 1 aromatic heterocycles. The lowest BCUT2D eigenvalue weighted by Gasteiger charge is -2.30. The Balaban J connectivity index is 1.20. The van der Waals surface area contributed by atoms with Gasteiger partial charge in [0.05, 0.1) is 15.2 Å². The largest absolute Gasteiger partial charge is 0.486 e. The number of benzene rings is 2. The van der Waals surface area contributed by atoms with Crippen molar-refractivity contribution < 1.29 is 14.3 Å². The summed E-state index contributed by atoms with van der Waals surface area (Å²) >= 11 is 1.78. The zero-order valence-corrected chi connectivity index (χ0v) is 16.9. The van der Waals surface area contributed by atoms with Crippen LogP contribution in [0.1, 0.15) is 29.3 Å². The molecule has 0 unspecified atom stereocenters. The van der Waals surface area contributed by atoms with Crippen LogP contribution >= 0.6 is 11.3 Å². The maximum Gasteiger partial charge on any atom is 0.246 e. The number of carbonyl (C=O) groups is 1. The topological polar surface area (TPSA) is 51.7 Å². The second-order valence-electron chi connectivity index (χ2n) is 7.36. The molecule has 0 saturated carbocycles. The Morgan fingerprint density at radius 2 is 1.86 bits per heavy atom. The van der Waals surface area contributed by atoms with Gasteiger partial charge in [-0.3, -0.25) is 4.79 Å². The molecule has 2 aliphatic rings. The van der Waals surface area contributed by atoms with Gasteiger partial charge in [0.15, 0.2) is 11.5 Å². The first kappa shape index (κ1) is 18.2. The van der Waals surface area contributed by atoms with Gasteiger partial charge in [0.25, 0.3) is 0 Å². The van der Waals surface area contributed by atoms with Crippen LogP contribution in [0.4, 0.5) is 0 Å². The highest BCUT2D eigenvalue weighted by Gasteiger charge is 2.25. The van der Waals surface area contributed by atoms with Crippen LogP contribution in [0, 0.1) is 0 Å². The molecule has 2 aliphatic heterocycles. The van der Waals surface area contributed by atoms with Gasteiger partial charge in [-0.25, -0.2) is 4.98 Å². The molecule has 0 spiro atoms. The van der Waals surface area contributed by atoms with E-state index in [0.29, 0.717) is 19.1 Å². The van der Waals surface area contributed by atoms with Crippen LogP contribution in [0.3, 0.4) is 0 Å². The summed E-state index contributed by atoms with van der Waals surface area (Å²) in [6.07, 6.45) is 5.43. The molecule has 0 radical (unpaired) electrons. The molecule has 5 nitrogen and oxygen atoms in total. The van der Waals surface area contributed by atoms with E-state index in [9.17, 15) is 4.79 Å². The third-order valence-electron chi connectivity index (χ3n) is 5.45. The van der Waals surface area contributed by atoms with E-state index in [-0.39, 0.29) is 5.91 Å². The lowest BCUT2D eigenvalue weighted by molar-refractivity contribution is -0.126. The number of thiazole rings is 1. The summed E-state index contributed by atoms with van der Waals surface area (Å²) in [6.45, 7) is 2.67. The minimum absolute atomic E-state index is 0.0580. The molecule has 2 aromatic carbocycles. The molecular weight excluding hydrogens is 384 g/mol. The normalized spacial score (nSPS) is 17.2. The number of amides is 1. The summed E-state index contributed by atoms with van der Waals surface area (Å²) in [5.74, 6) is 2.00. The van der Waals surface area contributed by atoms with E-state index in [4.69, 9.17) is 14.5 Å². The number of hydrogen-bond acceptors (Lipinski definition) is 5. The quantitative estimate of drug-likeness (QED) is 0.602. The van der Waals surface area contributed by atoms with Gasteiger partial charge < -0.3 is 14.4 Å². The van der Waals surface area contributed by atoms with Crippen molar-refractivity contribution in [2.45, 2.75) is 18.8 Å². The Hall–Kier alpha value is -2.86. The van der Waals surface area contributed by atoms with E-state index < -0.39 is 0 Å². The summed E-state index contributed by atoms with van der Waals surface area (Å²) in [7, 11) is 0. The molecule has 3 aromatic rings. The van der Waals surface area contributed by atoms with Crippen LogP contribution in [0.15, 0.2) is 48.5 Å². The third-order valence-corrected chi connectivity index (χ3v) is 6.65. The maximum absolute atomic E-state index is 12.6. The molecule has 6 heteroatoms. The summed E-state index contributed by atoms with van der Waals surface area (Å²) in [4.78, 5) is 19.3. The van der Waals surface area contributed by atoms with Gasteiger partial charge >= 0.3 is 0 Å². The fraction of sp³-hybridized carbons (Fsp3) is 0.304. The average molecular weight is 407 g/mol. The van der Waals surface area contributed by atoms with Gasteiger partial charge in [-0.2, -0.15) is 0 Å². The Kier molecular flexibility index (Phi) is 4.94. The Morgan fingerprint density at radius 1 is 1.07 bits per heavy atom. The summed E-state index contributed by atoms with van der Waals surface area (Å²) in [5, 5.41) is 1.20. The first-order valence-electron chi connectivity index (χ1n) is 9.98. The van der Waals surface area contributed by atoms with Crippen molar-refractivity contribution in [3.63, 3.8) is 0 Å². The molecule has 29 heavy (non-hydrogen) atoms. The lowest BCUT2D eigenvalue weighted by atomic mass is 9.97. The molecule has 0 aliphatic carbocycles. The minimum Gasteiger partial charge on any atom is -0.486 e. The zero-order chi connectivity index (χ0) is 19.6. The number of aromatic nitrogens is 1. The Labute approximate surface area is 173 Å². The highest BCUT2D eigenvalue weighted by Crippen LogP contribution is 2.34. The number of hydrogen-bond donors (Lipinski definition) is 0. The smallest absolute Gasteiger partial charge is 0.246 e. The Morgan fingerprint density at radius 3 is 2.69 bits per heavy atom. The lowest BCUT2D eigenvalue weighted by Crippen LogP contribution is -2.36. The predicted octanol–water partition coefficient (Wildman–Crippen LogP) is 4.49. The molecule has 1 saturated heterocycles. The van der Waals surface area contributed by atoms with Crippen molar-refractivity contribution >= 4 is 33.5 Å². The van der Waals surface area contributed by atoms with E-state index in [1.165, 1.54) is 9.71 Å². The van der Waals surface area contributed by atoms with Crippen molar-refractivity contribution in [3.05, 3.63) is 59.1 Å². The number of ether oxygens (including phenoxy) is 2. The minimum atomic E-state index is 0.0580. The second kappa shape index (κ2) is 7.87. The van der Waals surface area contributed by atoms with Crippen LogP contribution in [0.2, 0.25) is 0 Å². The van der Waals surface area contributed by atoms with E-state index in [1.807, 2.05) is 35.2 Å². The van der Waals surface area contributed by atoms with Crippen LogP contribution in [-0.2, 0) is 4.79 Å². The summed E-state index contributed by atoms with van der Waals surface area (Å²) in [5.41, 5.74) is 2.01. The SMILES string of the molecule is O=C(/C=C/c1ccc2c(c1)OCCO2)N1CCC(c2nc3ccccc3s2)CC1. The first-order chi connectivity index (χ1) is 14.3. The van der Waals surface area contributed by atoms with Crippen LogP contribution in [0.5, 0.6) is 11.5 Å². The molecular formula is C23H22N2O3S. The zero-order valence-electron chi connectivity index (χ0n) is 16.0. The molecule has 1 amide bonds. The molecule has 5 rings (SSSR count). The van der Waals surface area contributed by atoms with Gasteiger partial charge in [-0.1, -0.05) is 18.2 Å². The summed E-state index contributed by atoms with van der Waals surface area (Å²) in [6, 6.07) is 14.0. The number of carbonyl (C=O) groups excluding carboxylic acids is 1. The number of nitrogens with zero attached hydrogens (tertiary/aromatic N) is 2. The van der Waals surface area contributed by atoms with E-state index in [2.05, 4.69) is 18.2 Å². The van der Waals surface area contributed by atoms with Crippen molar-refractivity contribution in [2.24, 2.45) is 0 Å². The van der Waals surface area contributed by atoms with Crippen molar-refractivity contribution in [1.82, 2.24) is 9.88 Å². The maximum atomic E-state index is 12.6. The first-order valence-corrected chi connectivity index (χ1v) is 10.8. The monoisotopic (exact) mass is 406 g/mol. The standard InChI is InChI=1S/C23H22N2O3S/c26-22(8-6-16-5-7-19-20(15-16)28-14-13-27-19)25-11-9-17(10-12-25)23-24-18-3-1-2-4-21(18)29-23/h1-8,15,17H,9-14H2/b8-6+. The van der Waals surface area contributed by atoms with E-state index in [1.54, 1.807) is 17.4 Å². The van der Waals surface area contributed by atoms with E-state index in [0.717, 1.165) is 48.5 Å². The molecule has 0 bridgehead atoms. The van der Waals surface area contributed by atoms with Crippen molar-refractivity contribution in [3.8, 4) is 11.5 Å². The van der Waals surface area contributed by atoms with Crippen LogP contribution < -0.4 is 9.47 Å². The number of likely N-dealkylation sites (tertiary alicyclic amines) is 1. The number of para-hydroxylation sites is 1. The Bertz CT molecular complexity index is 1030. The molecule has 148 valence electrons. The van der Waals surface area contributed by atoms with Gasteiger partial charge in [-0.05, 0) is 48.7 Å². The fourth-order valence-electron chi connectivity index (χ4n) is 3.85.